The normalized spacial score (nSPS) is 17.4. The zero-order chi connectivity index (χ0) is 30.3. The Morgan fingerprint density at radius 1 is 0.860 bits per heavy atom. The smallest absolute Gasteiger partial charge is 0.254 e. The number of nitriles is 2. The summed E-state index contributed by atoms with van der Waals surface area (Å²) in [5.41, 5.74) is 13.4. The molecule has 3 aromatic carbocycles. The molecule has 43 heavy (non-hydrogen) atoms. The molecular formula is C35H41N7O. The van der Waals surface area contributed by atoms with Gasteiger partial charge in [-0.2, -0.15) is 10.5 Å². The highest BCUT2D eigenvalue weighted by molar-refractivity contribution is 5.96. The van der Waals surface area contributed by atoms with Gasteiger partial charge in [-0.1, -0.05) is 30.3 Å². The number of amides is 1. The molecule has 222 valence electrons. The number of carbonyl (C=O) groups is 1. The van der Waals surface area contributed by atoms with Crippen LogP contribution in [0.2, 0.25) is 0 Å². The number of piperazine rings is 2. The summed E-state index contributed by atoms with van der Waals surface area (Å²) in [7, 11) is 0. The Kier molecular flexibility index (Phi) is 9.61. The summed E-state index contributed by atoms with van der Waals surface area (Å²) in [5.74, 6) is 0.0759. The van der Waals surface area contributed by atoms with Crippen molar-refractivity contribution in [2.24, 2.45) is 5.73 Å². The van der Waals surface area contributed by atoms with E-state index in [0.29, 0.717) is 37.3 Å². The molecule has 0 aliphatic carbocycles. The molecule has 2 saturated heterocycles. The number of rotatable bonds is 8. The average Bonchev–Trinajstić information content (AvgIpc) is 3.04. The molecule has 0 aromatic heterocycles. The van der Waals surface area contributed by atoms with Gasteiger partial charge in [0.15, 0.2) is 0 Å². The molecule has 2 fully saturated rings. The molecule has 8 nitrogen and oxygen atoms in total. The highest BCUT2D eigenvalue weighted by Crippen LogP contribution is 2.27. The number of carbonyl (C=O) groups excluding carboxylic acids is 1. The van der Waals surface area contributed by atoms with Crippen LogP contribution in [0.1, 0.15) is 51.5 Å². The van der Waals surface area contributed by atoms with Crippen LogP contribution in [-0.4, -0.2) is 74.1 Å². The van der Waals surface area contributed by atoms with Crippen molar-refractivity contribution in [3.05, 3.63) is 94.0 Å². The molecule has 2 heterocycles. The first kappa shape index (κ1) is 30.1. The molecule has 5 rings (SSSR count). The maximum absolute atomic E-state index is 14.2. The van der Waals surface area contributed by atoms with Crippen molar-refractivity contribution in [2.45, 2.75) is 39.3 Å². The molecule has 1 atom stereocenters. The first-order chi connectivity index (χ1) is 20.9. The number of aryl methyl sites for hydroxylation is 2. The Hall–Kier alpha value is -4.37. The van der Waals surface area contributed by atoms with E-state index in [9.17, 15) is 15.3 Å². The van der Waals surface area contributed by atoms with Gasteiger partial charge < -0.3 is 20.4 Å². The summed E-state index contributed by atoms with van der Waals surface area (Å²) in [5, 5.41) is 19.1. The highest BCUT2D eigenvalue weighted by Gasteiger charge is 2.31. The minimum atomic E-state index is 0.00414. The SMILES string of the molecule is Cc1cc(CCCN)c(C(=O)N2CCN(c3ccccc3C#N)C[C@H]2C)cc1CN1CCN(c2ccccc2C#N)CC1. The lowest BCUT2D eigenvalue weighted by molar-refractivity contribution is 0.0672. The van der Waals surface area contributed by atoms with Gasteiger partial charge in [-0.3, -0.25) is 9.69 Å². The van der Waals surface area contributed by atoms with Crippen LogP contribution in [0.3, 0.4) is 0 Å². The first-order valence-corrected chi connectivity index (χ1v) is 15.3. The Morgan fingerprint density at radius 2 is 1.47 bits per heavy atom. The van der Waals surface area contributed by atoms with E-state index in [1.807, 2.05) is 53.4 Å². The summed E-state index contributed by atoms with van der Waals surface area (Å²) in [6, 6.07) is 24.4. The van der Waals surface area contributed by atoms with Crippen molar-refractivity contribution >= 4 is 17.3 Å². The number of anilines is 2. The van der Waals surface area contributed by atoms with Gasteiger partial charge in [0.1, 0.15) is 12.1 Å². The fourth-order valence-electron chi connectivity index (χ4n) is 6.39. The first-order valence-electron chi connectivity index (χ1n) is 15.3. The van der Waals surface area contributed by atoms with Crippen LogP contribution in [0.25, 0.3) is 0 Å². The van der Waals surface area contributed by atoms with Crippen molar-refractivity contribution in [1.29, 1.82) is 10.5 Å². The van der Waals surface area contributed by atoms with Crippen LogP contribution >= 0.6 is 0 Å². The van der Waals surface area contributed by atoms with E-state index in [4.69, 9.17) is 5.73 Å². The van der Waals surface area contributed by atoms with Gasteiger partial charge >= 0.3 is 0 Å². The van der Waals surface area contributed by atoms with Crippen LogP contribution in [0.5, 0.6) is 0 Å². The molecule has 2 aliphatic rings. The third-order valence-corrected chi connectivity index (χ3v) is 8.83. The lowest BCUT2D eigenvalue weighted by Crippen LogP contribution is -2.54. The number of hydrogen-bond acceptors (Lipinski definition) is 7. The third-order valence-electron chi connectivity index (χ3n) is 8.83. The zero-order valence-corrected chi connectivity index (χ0v) is 25.3. The van der Waals surface area contributed by atoms with Gasteiger partial charge in [0, 0.05) is 64.0 Å². The van der Waals surface area contributed by atoms with E-state index in [1.165, 1.54) is 11.1 Å². The van der Waals surface area contributed by atoms with Crippen LogP contribution < -0.4 is 15.5 Å². The molecule has 8 heteroatoms. The number of nitrogens with zero attached hydrogens (tertiary/aromatic N) is 6. The van der Waals surface area contributed by atoms with E-state index in [0.717, 1.165) is 68.1 Å². The lowest BCUT2D eigenvalue weighted by Gasteiger charge is -2.41. The molecule has 2 N–H and O–H groups in total. The highest BCUT2D eigenvalue weighted by atomic mass is 16.2. The quantitative estimate of drug-likeness (QED) is 0.427. The monoisotopic (exact) mass is 575 g/mol. The van der Waals surface area contributed by atoms with Crippen molar-refractivity contribution in [3.63, 3.8) is 0 Å². The standard InChI is InChI=1S/C35H41N7O/c1-26-20-28(10-7-13-36)32(35(43)42-19-18-41(24-27(42)2)34-12-6-4-9-30(34)23-38)21-31(26)25-39-14-16-40(17-15-39)33-11-5-3-8-29(33)22-37/h3-6,8-9,11-12,20-21,27H,7,10,13-19,24-25,36H2,1-2H3/t27-/m1/s1. The van der Waals surface area contributed by atoms with Crippen LogP contribution in [0.15, 0.2) is 60.7 Å². The van der Waals surface area contributed by atoms with Crippen molar-refractivity contribution < 1.29 is 4.79 Å². The molecule has 0 radical (unpaired) electrons. The summed E-state index contributed by atoms with van der Waals surface area (Å²) in [6.07, 6.45) is 1.61. The fourth-order valence-corrected chi connectivity index (χ4v) is 6.39. The molecule has 0 spiro atoms. The third kappa shape index (κ3) is 6.67. The van der Waals surface area contributed by atoms with E-state index in [-0.39, 0.29) is 11.9 Å². The number of benzene rings is 3. The number of nitrogens with two attached hydrogens (primary N) is 1. The van der Waals surface area contributed by atoms with E-state index in [2.05, 4.69) is 52.8 Å². The second-order valence-corrected chi connectivity index (χ2v) is 11.6. The van der Waals surface area contributed by atoms with E-state index >= 15 is 0 Å². The molecule has 0 bridgehead atoms. The number of para-hydroxylation sites is 2. The van der Waals surface area contributed by atoms with Gasteiger partial charge in [-0.15, -0.1) is 0 Å². The Morgan fingerprint density at radius 3 is 2.07 bits per heavy atom. The maximum atomic E-state index is 14.2. The topological polar surface area (TPSA) is 104 Å². The molecular weight excluding hydrogens is 534 g/mol. The predicted octanol–water partition coefficient (Wildman–Crippen LogP) is 4.30. The lowest BCUT2D eigenvalue weighted by atomic mass is 9.94. The predicted molar refractivity (Wildman–Crippen MR) is 171 cm³/mol. The van der Waals surface area contributed by atoms with Gasteiger partial charge in [-0.05, 0) is 80.3 Å². The van der Waals surface area contributed by atoms with E-state index < -0.39 is 0 Å². The molecule has 1 amide bonds. The number of hydrogen-bond donors (Lipinski definition) is 1. The van der Waals surface area contributed by atoms with Crippen molar-refractivity contribution in [1.82, 2.24) is 9.80 Å². The fraction of sp³-hybridized carbons (Fsp3) is 0.400. The van der Waals surface area contributed by atoms with Crippen LogP contribution in [0, 0.1) is 29.6 Å². The van der Waals surface area contributed by atoms with Gasteiger partial charge in [0.2, 0.25) is 0 Å². The second kappa shape index (κ2) is 13.7. The Balaban J connectivity index is 1.31. The molecule has 2 aliphatic heterocycles. The minimum absolute atomic E-state index is 0.00414. The van der Waals surface area contributed by atoms with Gasteiger partial charge in [0.05, 0.1) is 22.5 Å². The van der Waals surface area contributed by atoms with Crippen LogP contribution in [0.4, 0.5) is 11.4 Å². The summed E-state index contributed by atoms with van der Waals surface area (Å²) >= 11 is 0. The van der Waals surface area contributed by atoms with Crippen molar-refractivity contribution in [2.75, 3.05) is 62.2 Å². The van der Waals surface area contributed by atoms with Crippen LogP contribution in [-0.2, 0) is 13.0 Å². The molecule has 0 unspecified atom stereocenters. The maximum Gasteiger partial charge on any atom is 0.254 e. The zero-order valence-electron chi connectivity index (χ0n) is 25.3. The second-order valence-electron chi connectivity index (χ2n) is 11.6. The largest absolute Gasteiger partial charge is 0.368 e. The molecule has 3 aromatic rings. The molecule has 0 saturated carbocycles. The Labute approximate surface area is 255 Å². The van der Waals surface area contributed by atoms with Crippen molar-refractivity contribution in [3.8, 4) is 12.1 Å². The summed E-state index contributed by atoms with van der Waals surface area (Å²) in [6.45, 7) is 11.1. The summed E-state index contributed by atoms with van der Waals surface area (Å²) < 4.78 is 0. The van der Waals surface area contributed by atoms with Gasteiger partial charge in [-0.25, -0.2) is 0 Å². The summed E-state index contributed by atoms with van der Waals surface area (Å²) in [4.78, 5) is 23.1. The minimum Gasteiger partial charge on any atom is -0.368 e. The average molecular weight is 576 g/mol. The Bertz CT molecular complexity index is 1530. The van der Waals surface area contributed by atoms with E-state index in [1.54, 1.807) is 0 Å². The van der Waals surface area contributed by atoms with Gasteiger partial charge in [0.25, 0.3) is 5.91 Å².